The highest BCUT2D eigenvalue weighted by molar-refractivity contribution is 6.57. The third kappa shape index (κ3) is 6.46. The van der Waals surface area contributed by atoms with Crippen molar-refractivity contribution in [2.45, 2.75) is 59.5 Å². The third-order valence-corrected chi connectivity index (χ3v) is 2.63. The predicted molar refractivity (Wildman–Crippen MR) is 55.6 cm³/mol. The minimum absolute atomic E-state index is 0.939. The zero-order chi connectivity index (χ0) is 8.69. The van der Waals surface area contributed by atoms with Crippen LogP contribution in [0.4, 0.5) is 0 Å². The second-order valence-corrected chi connectivity index (χ2v) is 3.98. The Morgan fingerprint density at radius 1 is 1.18 bits per heavy atom. The standard InChI is InChI=1S/C10H23B/c1-5-8-11(4)9-7-10(3)6-2/h10H,5-9H2,1-4H3. The molecular weight excluding hydrogens is 131 g/mol. The average molecular weight is 154 g/mol. The smallest absolute Gasteiger partial charge is 0.0861 e. The lowest BCUT2D eigenvalue weighted by Gasteiger charge is -2.10. The summed E-state index contributed by atoms with van der Waals surface area (Å²) in [5.41, 5.74) is 0. The van der Waals surface area contributed by atoms with Gasteiger partial charge >= 0.3 is 0 Å². The Morgan fingerprint density at radius 3 is 2.27 bits per heavy atom. The molecule has 0 saturated heterocycles. The van der Waals surface area contributed by atoms with Crippen LogP contribution in [0.3, 0.4) is 0 Å². The van der Waals surface area contributed by atoms with E-state index < -0.39 is 0 Å². The number of hydrogen-bond acceptors (Lipinski definition) is 0. The van der Waals surface area contributed by atoms with Crippen LogP contribution in [0.2, 0.25) is 19.5 Å². The summed E-state index contributed by atoms with van der Waals surface area (Å²) in [7, 11) is 0. The zero-order valence-corrected chi connectivity index (χ0v) is 8.69. The molecule has 11 heavy (non-hydrogen) atoms. The molecule has 0 spiro atoms. The molecule has 1 heteroatoms. The van der Waals surface area contributed by atoms with Crippen LogP contribution in [-0.2, 0) is 0 Å². The number of hydrogen-bond donors (Lipinski definition) is 0. The molecule has 66 valence electrons. The van der Waals surface area contributed by atoms with E-state index in [1.807, 2.05) is 0 Å². The predicted octanol–water partition coefficient (Wildman–Crippen LogP) is 3.96. The van der Waals surface area contributed by atoms with Crippen LogP contribution in [-0.4, -0.2) is 6.71 Å². The highest BCUT2D eigenvalue weighted by atomic mass is 14.0. The van der Waals surface area contributed by atoms with Gasteiger partial charge in [-0.05, 0) is 5.92 Å². The maximum atomic E-state index is 2.38. The van der Waals surface area contributed by atoms with Gasteiger partial charge in [0, 0.05) is 0 Å². The van der Waals surface area contributed by atoms with Crippen molar-refractivity contribution in [2.24, 2.45) is 5.92 Å². The second kappa shape index (κ2) is 6.76. The molecule has 0 aromatic carbocycles. The molecule has 0 radical (unpaired) electrons. The fourth-order valence-corrected chi connectivity index (χ4v) is 1.41. The first kappa shape index (κ1) is 11.1. The summed E-state index contributed by atoms with van der Waals surface area (Å²) in [4.78, 5) is 0. The summed E-state index contributed by atoms with van der Waals surface area (Å²) in [6.07, 6.45) is 6.97. The van der Waals surface area contributed by atoms with E-state index in [0.29, 0.717) is 0 Å². The lowest BCUT2D eigenvalue weighted by molar-refractivity contribution is 0.541. The molecule has 0 N–H and O–H groups in total. The molecule has 0 nitrogen and oxygen atoms in total. The van der Waals surface area contributed by atoms with Crippen LogP contribution in [0.5, 0.6) is 0 Å². The molecule has 0 saturated carbocycles. The molecule has 0 aliphatic rings. The Hall–Kier alpha value is 0.0649. The van der Waals surface area contributed by atoms with Gasteiger partial charge in [0.25, 0.3) is 0 Å². The molecule has 1 atom stereocenters. The van der Waals surface area contributed by atoms with Gasteiger partial charge in [-0.1, -0.05) is 59.5 Å². The van der Waals surface area contributed by atoms with Crippen molar-refractivity contribution >= 4 is 6.71 Å². The van der Waals surface area contributed by atoms with Gasteiger partial charge in [0.05, 0.1) is 0 Å². The lowest BCUT2D eigenvalue weighted by Crippen LogP contribution is -2.07. The van der Waals surface area contributed by atoms with E-state index in [4.69, 9.17) is 0 Å². The molecule has 1 unspecified atom stereocenters. The molecule has 0 rings (SSSR count). The van der Waals surface area contributed by atoms with Gasteiger partial charge in [-0.2, -0.15) is 0 Å². The Morgan fingerprint density at radius 2 is 1.82 bits per heavy atom. The summed E-state index contributed by atoms with van der Waals surface area (Å²) in [6, 6.07) is 0. The molecule has 0 aromatic heterocycles. The van der Waals surface area contributed by atoms with E-state index in [9.17, 15) is 0 Å². The molecule has 0 aromatic rings. The lowest BCUT2D eigenvalue weighted by atomic mass is 9.46. The van der Waals surface area contributed by atoms with Crippen molar-refractivity contribution in [3.8, 4) is 0 Å². The Balaban J connectivity index is 3.22. The van der Waals surface area contributed by atoms with Gasteiger partial charge in [-0.3, -0.25) is 0 Å². The van der Waals surface area contributed by atoms with Crippen molar-refractivity contribution in [3.05, 3.63) is 0 Å². The van der Waals surface area contributed by atoms with Gasteiger partial charge in [-0.25, -0.2) is 0 Å². The maximum absolute atomic E-state index is 2.38. The van der Waals surface area contributed by atoms with Gasteiger partial charge in [0.1, 0.15) is 6.71 Å². The van der Waals surface area contributed by atoms with E-state index in [0.717, 1.165) is 12.6 Å². The summed E-state index contributed by atoms with van der Waals surface area (Å²) in [5.74, 6) is 0.939. The van der Waals surface area contributed by atoms with E-state index in [1.165, 1.54) is 31.9 Å². The Kier molecular flexibility index (Phi) is 6.80. The fraction of sp³-hybridized carbons (Fsp3) is 1.00. The van der Waals surface area contributed by atoms with Crippen LogP contribution in [0.15, 0.2) is 0 Å². The fourth-order valence-electron chi connectivity index (χ4n) is 1.41. The minimum atomic E-state index is 0.939. The van der Waals surface area contributed by atoms with E-state index >= 15 is 0 Å². The summed E-state index contributed by atoms with van der Waals surface area (Å²) in [6.45, 7) is 10.3. The van der Waals surface area contributed by atoms with Crippen molar-refractivity contribution in [1.82, 2.24) is 0 Å². The topological polar surface area (TPSA) is 0 Å². The van der Waals surface area contributed by atoms with Crippen LogP contribution >= 0.6 is 0 Å². The second-order valence-electron chi connectivity index (χ2n) is 3.98. The van der Waals surface area contributed by atoms with Crippen LogP contribution in [0.25, 0.3) is 0 Å². The van der Waals surface area contributed by atoms with Gasteiger partial charge in [0.2, 0.25) is 0 Å². The molecular formula is C10H23B. The van der Waals surface area contributed by atoms with E-state index in [1.54, 1.807) is 0 Å². The maximum Gasteiger partial charge on any atom is 0.136 e. The molecule has 0 bridgehead atoms. The first-order chi connectivity index (χ1) is 5.20. The largest absolute Gasteiger partial charge is 0.136 e. The Labute approximate surface area is 72.8 Å². The molecule has 0 heterocycles. The van der Waals surface area contributed by atoms with Crippen LogP contribution < -0.4 is 0 Å². The zero-order valence-electron chi connectivity index (χ0n) is 8.69. The van der Waals surface area contributed by atoms with E-state index in [2.05, 4.69) is 27.6 Å². The molecule has 0 fully saturated rings. The monoisotopic (exact) mass is 154 g/mol. The number of rotatable bonds is 6. The third-order valence-electron chi connectivity index (χ3n) is 2.63. The van der Waals surface area contributed by atoms with Crippen LogP contribution in [0, 0.1) is 5.92 Å². The average Bonchev–Trinajstić information content (AvgIpc) is 2.01. The van der Waals surface area contributed by atoms with E-state index in [-0.39, 0.29) is 0 Å². The first-order valence-corrected chi connectivity index (χ1v) is 5.20. The van der Waals surface area contributed by atoms with Crippen molar-refractivity contribution in [2.75, 3.05) is 0 Å². The van der Waals surface area contributed by atoms with Gasteiger partial charge < -0.3 is 0 Å². The highest BCUT2D eigenvalue weighted by Crippen LogP contribution is 2.14. The Bertz CT molecular complexity index is 80.9. The minimum Gasteiger partial charge on any atom is -0.0861 e. The highest BCUT2D eigenvalue weighted by Gasteiger charge is 2.06. The molecule has 0 aliphatic carbocycles. The molecule has 0 amide bonds. The summed E-state index contributed by atoms with van der Waals surface area (Å²) < 4.78 is 0. The van der Waals surface area contributed by atoms with Crippen molar-refractivity contribution < 1.29 is 0 Å². The SMILES string of the molecule is CCCB(C)CCC(C)CC. The van der Waals surface area contributed by atoms with Crippen molar-refractivity contribution in [1.29, 1.82) is 0 Å². The van der Waals surface area contributed by atoms with Gasteiger partial charge in [0.15, 0.2) is 0 Å². The summed E-state index contributed by atoms with van der Waals surface area (Å²) >= 11 is 0. The quantitative estimate of drug-likeness (QED) is 0.508. The first-order valence-electron chi connectivity index (χ1n) is 5.20. The van der Waals surface area contributed by atoms with Gasteiger partial charge in [-0.15, -0.1) is 0 Å². The molecule has 0 aliphatic heterocycles. The normalized spacial score (nSPS) is 13.1. The van der Waals surface area contributed by atoms with Crippen LogP contribution in [0.1, 0.15) is 40.0 Å². The summed E-state index contributed by atoms with van der Waals surface area (Å²) in [5, 5.41) is 0. The van der Waals surface area contributed by atoms with Crippen molar-refractivity contribution in [3.63, 3.8) is 0 Å².